The molecule has 1 aliphatic rings. The van der Waals surface area contributed by atoms with Crippen molar-refractivity contribution < 1.29 is 19.2 Å². The number of carbonyl (C=O) groups excluding carboxylic acids is 1. The number of anilines is 1. The maximum Gasteiger partial charge on any atom is 0.270 e. The minimum Gasteiger partial charge on any atom is -0.496 e. The van der Waals surface area contributed by atoms with Crippen molar-refractivity contribution in [3.05, 3.63) is 57.8 Å². The molecule has 2 aromatic rings. The first-order valence-electron chi connectivity index (χ1n) is 8.46. The summed E-state index contributed by atoms with van der Waals surface area (Å²) in [5, 5.41) is 13.7. The predicted molar refractivity (Wildman–Crippen MR) is 98.1 cm³/mol. The van der Waals surface area contributed by atoms with Crippen LogP contribution in [0.4, 0.5) is 11.5 Å². The number of amides is 1. The maximum atomic E-state index is 12.4. The van der Waals surface area contributed by atoms with Crippen LogP contribution in [-0.2, 0) is 11.3 Å². The van der Waals surface area contributed by atoms with Crippen LogP contribution >= 0.6 is 0 Å². The smallest absolute Gasteiger partial charge is 0.270 e. The molecule has 2 heterocycles. The molecule has 1 aromatic heterocycles. The molecule has 1 fully saturated rings. The number of nitrogens with one attached hydrogen (secondary N) is 1. The quantitative estimate of drug-likeness (QED) is 0.608. The molecule has 0 spiro atoms. The Bertz CT molecular complexity index is 819. The average molecular weight is 372 g/mol. The Balaban J connectivity index is 1.65. The van der Waals surface area contributed by atoms with E-state index in [2.05, 4.69) is 15.2 Å². The largest absolute Gasteiger partial charge is 0.496 e. The molecule has 142 valence electrons. The molecule has 27 heavy (non-hydrogen) atoms. The predicted octanol–water partition coefficient (Wildman–Crippen LogP) is 1.76. The summed E-state index contributed by atoms with van der Waals surface area (Å²) in [5.41, 5.74) is 0.770. The van der Waals surface area contributed by atoms with Gasteiger partial charge in [-0.2, -0.15) is 0 Å². The number of nitro benzene ring substituents is 1. The number of nitro groups is 1. The lowest BCUT2D eigenvalue weighted by atomic mass is 10.1. The van der Waals surface area contributed by atoms with Gasteiger partial charge in [0.15, 0.2) is 0 Å². The monoisotopic (exact) mass is 372 g/mol. The molecule has 0 aliphatic carbocycles. The maximum absolute atomic E-state index is 12.4. The van der Waals surface area contributed by atoms with Crippen LogP contribution in [0.5, 0.6) is 5.75 Å². The van der Waals surface area contributed by atoms with Gasteiger partial charge in [-0.05, 0) is 17.7 Å². The Labute approximate surface area is 156 Å². The van der Waals surface area contributed by atoms with Crippen LogP contribution in [0.25, 0.3) is 0 Å². The molecule has 0 bridgehead atoms. The summed E-state index contributed by atoms with van der Waals surface area (Å²) in [6.07, 6.45) is 1.70. The third-order valence-corrected chi connectivity index (χ3v) is 4.24. The summed E-state index contributed by atoms with van der Waals surface area (Å²) in [6.45, 7) is 3.22. The molecule has 0 atom stereocenters. The highest BCUT2D eigenvalue weighted by Crippen LogP contribution is 2.24. The van der Waals surface area contributed by atoms with Gasteiger partial charge in [-0.15, -0.1) is 0 Å². The van der Waals surface area contributed by atoms with Gasteiger partial charge < -0.3 is 19.7 Å². The molecule has 1 aliphatic heterocycles. The second-order valence-electron chi connectivity index (χ2n) is 5.95. The minimum absolute atomic E-state index is 0.115. The fraction of sp³-hybridized carbons (Fsp3) is 0.333. The molecule has 0 unspecified atom stereocenters. The lowest BCUT2D eigenvalue weighted by molar-refractivity contribution is -0.384. The molecule has 9 nitrogen and oxygen atoms in total. The van der Waals surface area contributed by atoms with Crippen LogP contribution in [-0.4, -0.2) is 49.2 Å². The number of methoxy groups -OCH3 is 1. The minimum atomic E-state index is -0.551. The lowest BCUT2D eigenvalue weighted by Crippen LogP contribution is -2.36. The number of hydrogen-bond acceptors (Lipinski definition) is 7. The normalized spacial score (nSPS) is 13.9. The zero-order valence-corrected chi connectivity index (χ0v) is 14.9. The molecule has 0 radical (unpaired) electrons. The Hall–Kier alpha value is -3.20. The van der Waals surface area contributed by atoms with Gasteiger partial charge in [0.25, 0.3) is 11.6 Å². The van der Waals surface area contributed by atoms with Crippen LogP contribution < -0.4 is 15.0 Å². The summed E-state index contributed by atoms with van der Waals surface area (Å²) in [5.74, 6) is 0.695. The van der Waals surface area contributed by atoms with E-state index >= 15 is 0 Å². The van der Waals surface area contributed by atoms with Crippen molar-refractivity contribution in [1.29, 1.82) is 0 Å². The van der Waals surface area contributed by atoms with E-state index in [1.54, 1.807) is 6.20 Å². The van der Waals surface area contributed by atoms with Gasteiger partial charge in [0.1, 0.15) is 11.6 Å². The zero-order valence-electron chi connectivity index (χ0n) is 14.9. The molecular formula is C18H20N4O5. The number of benzene rings is 1. The first-order valence-corrected chi connectivity index (χ1v) is 8.46. The Morgan fingerprint density at radius 2 is 2.11 bits per heavy atom. The first-order chi connectivity index (χ1) is 13.1. The molecule has 1 saturated heterocycles. The van der Waals surface area contributed by atoms with Crippen LogP contribution in [0.1, 0.15) is 15.9 Å². The molecular weight excluding hydrogens is 352 g/mol. The van der Waals surface area contributed by atoms with E-state index in [1.807, 2.05) is 12.1 Å². The highest BCUT2D eigenvalue weighted by atomic mass is 16.6. The van der Waals surface area contributed by atoms with Crippen molar-refractivity contribution in [3.8, 4) is 5.75 Å². The Kier molecular flexibility index (Phi) is 5.82. The van der Waals surface area contributed by atoms with Gasteiger partial charge in [0, 0.05) is 38.0 Å². The topological polar surface area (TPSA) is 107 Å². The summed E-state index contributed by atoms with van der Waals surface area (Å²) in [6, 6.07) is 7.70. The number of nitrogens with zero attached hydrogens (tertiary/aromatic N) is 3. The lowest BCUT2D eigenvalue weighted by Gasteiger charge is -2.27. The molecule has 1 amide bonds. The number of pyridine rings is 1. The van der Waals surface area contributed by atoms with Crippen molar-refractivity contribution in [3.63, 3.8) is 0 Å². The molecule has 9 heteroatoms. The van der Waals surface area contributed by atoms with Crippen molar-refractivity contribution >= 4 is 17.4 Å². The van der Waals surface area contributed by atoms with Gasteiger partial charge in [0.2, 0.25) is 0 Å². The third-order valence-electron chi connectivity index (χ3n) is 4.24. The second-order valence-corrected chi connectivity index (χ2v) is 5.95. The van der Waals surface area contributed by atoms with Gasteiger partial charge in [0.05, 0.1) is 30.8 Å². The number of non-ortho nitro benzene ring substituents is 1. The van der Waals surface area contributed by atoms with Gasteiger partial charge >= 0.3 is 0 Å². The third kappa shape index (κ3) is 4.50. The highest BCUT2D eigenvalue weighted by Gasteiger charge is 2.17. The van der Waals surface area contributed by atoms with E-state index in [4.69, 9.17) is 9.47 Å². The zero-order chi connectivity index (χ0) is 19.2. The number of ether oxygens (including phenoxy) is 2. The molecule has 1 N–H and O–H groups in total. The fourth-order valence-electron chi connectivity index (χ4n) is 2.77. The van der Waals surface area contributed by atoms with E-state index < -0.39 is 10.8 Å². The summed E-state index contributed by atoms with van der Waals surface area (Å²) >= 11 is 0. The second kappa shape index (κ2) is 8.45. The number of carbonyl (C=O) groups is 1. The number of morpholine rings is 1. The number of aromatic nitrogens is 1. The van der Waals surface area contributed by atoms with E-state index in [9.17, 15) is 14.9 Å². The molecule has 1 aromatic carbocycles. The fourth-order valence-corrected chi connectivity index (χ4v) is 2.77. The summed E-state index contributed by atoms with van der Waals surface area (Å²) in [4.78, 5) is 29.4. The first kappa shape index (κ1) is 18.6. The van der Waals surface area contributed by atoms with Crippen LogP contribution in [0, 0.1) is 10.1 Å². The summed E-state index contributed by atoms with van der Waals surface area (Å²) in [7, 11) is 1.41. The number of hydrogen-bond donors (Lipinski definition) is 1. The average Bonchev–Trinajstić information content (AvgIpc) is 2.72. The van der Waals surface area contributed by atoms with Crippen molar-refractivity contribution in [2.75, 3.05) is 38.3 Å². The van der Waals surface area contributed by atoms with E-state index in [0.29, 0.717) is 13.2 Å². The molecule has 0 saturated carbocycles. The van der Waals surface area contributed by atoms with Gasteiger partial charge in [-0.3, -0.25) is 14.9 Å². The van der Waals surface area contributed by atoms with Crippen molar-refractivity contribution in [2.45, 2.75) is 6.54 Å². The van der Waals surface area contributed by atoms with Crippen LogP contribution in [0.2, 0.25) is 0 Å². The van der Waals surface area contributed by atoms with Crippen molar-refractivity contribution in [2.24, 2.45) is 0 Å². The van der Waals surface area contributed by atoms with Gasteiger partial charge in [-0.1, -0.05) is 6.07 Å². The standard InChI is InChI=1S/C18H20N4O5/c1-26-16-4-3-14(22(24)25)10-15(16)18(23)20-12-13-2-5-17(19-11-13)21-6-8-27-9-7-21/h2-5,10-11H,6-9,12H2,1H3,(H,20,23). The van der Waals surface area contributed by atoms with Crippen molar-refractivity contribution in [1.82, 2.24) is 10.3 Å². The highest BCUT2D eigenvalue weighted by molar-refractivity contribution is 5.97. The van der Waals surface area contributed by atoms with Crippen LogP contribution in [0.15, 0.2) is 36.5 Å². The number of rotatable bonds is 6. The SMILES string of the molecule is COc1ccc([N+](=O)[O-])cc1C(=O)NCc1ccc(N2CCOCC2)nc1. The summed E-state index contributed by atoms with van der Waals surface area (Å²) < 4.78 is 10.4. The molecule has 3 rings (SSSR count). The van der Waals surface area contributed by atoms with Gasteiger partial charge in [-0.25, -0.2) is 4.98 Å². The van der Waals surface area contributed by atoms with Crippen LogP contribution in [0.3, 0.4) is 0 Å². The van der Waals surface area contributed by atoms with E-state index in [-0.39, 0.29) is 23.5 Å². The van der Waals surface area contributed by atoms with E-state index in [1.165, 1.54) is 25.3 Å². The van der Waals surface area contributed by atoms with E-state index in [0.717, 1.165) is 24.5 Å². The Morgan fingerprint density at radius 1 is 1.33 bits per heavy atom. The Morgan fingerprint density at radius 3 is 2.74 bits per heavy atom.